The van der Waals surface area contributed by atoms with Crippen LogP contribution < -0.4 is 11.5 Å². The fourth-order valence-electron chi connectivity index (χ4n) is 1.62. The third kappa shape index (κ3) is 2.47. The van der Waals surface area contributed by atoms with Gasteiger partial charge in [0.05, 0.1) is 0 Å². The molecule has 3 rings (SSSR count). The van der Waals surface area contributed by atoms with E-state index in [2.05, 4.69) is 61.2 Å². The van der Waals surface area contributed by atoms with Crippen molar-refractivity contribution in [2.24, 2.45) is 20.5 Å². The monoisotopic (exact) mass is 372 g/mol. The second-order valence-corrected chi connectivity index (χ2v) is 4.08. The molecule has 0 spiro atoms. The number of hydrogen-bond donors (Lipinski definition) is 2. The van der Waals surface area contributed by atoms with Crippen LogP contribution in [0.1, 0.15) is 0 Å². The van der Waals surface area contributed by atoms with E-state index in [4.69, 9.17) is 11.5 Å². The Labute approximate surface area is 137 Å². The summed E-state index contributed by atoms with van der Waals surface area (Å²) < 4.78 is 0.837. The van der Waals surface area contributed by atoms with E-state index in [0.717, 1.165) is 0 Å². The predicted octanol–water partition coefficient (Wildman–Crippen LogP) is -3.01. The summed E-state index contributed by atoms with van der Waals surface area (Å²) in [6, 6.07) is 0. The fraction of sp³-hybridized carbons (Fsp3) is 0.500. The molecule has 0 amide bonds. The summed E-state index contributed by atoms with van der Waals surface area (Å²) >= 11 is 0. The molecule has 1 aliphatic heterocycles. The summed E-state index contributed by atoms with van der Waals surface area (Å²) in [5.41, 5.74) is 10.8. The van der Waals surface area contributed by atoms with Crippen LogP contribution in [0.3, 0.4) is 0 Å². The summed E-state index contributed by atoms with van der Waals surface area (Å²) in [5.74, 6) is -6.59. The number of hydrogen-bond acceptors (Lipinski definition) is 18. The minimum absolute atomic E-state index is 0.418. The molecule has 0 aliphatic carbocycles. The third-order valence-electron chi connectivity index (χ3n) is 2.55. The lowest BCUT2D eigenvalue weighted by molar-refractivity contribution is -0.798. The maximum absolute atomic E-state index is 10.8. The minimum atomic E-state index is -2.76. The average Bonchev–Trinajstić information content (AvgIpc) is 3.17. The molecule has 136 valence electrons. The molecule has 0 saturated carbocycles. The van der Waals surface area contributed by atoms with Crippen molar-refractivity contribution in [2.45, 2.75) is 11.9 Å². The number of nitrogen functional groups attached to an aromatic ring is 2. The quantitative estimate of drug-likeness (QED) is 0.377. The van der Waals surface area contributed by atoms with Crippen molar-refractivity contribution in [3.63, 3.8) is 0 Å². The van der Waals surface area contributed by atoms with E-state index in [-0.39, 0.29) is 0 Å². The largest absolute Gasteiger partial charge is 0.441 e. The van der Waals surface area contributed by atoms with Crippen LogP contribution in [0.2, 0.25) is 0 Å². The van der Waals surface area contributed by atoms with Crippen LogP contribution in [0.15, 0.2) is 20.5 Å². The van der Waals surface area contributed by atoms with Crippen molar-refractivity contribution in [3.8, 4) is 0 Å². The van der Waals surface area contributed by atoms with Crippen LogP contribution in [0.25, 0.3) is 0 Å². The van der Waals surface area contributed by atoms with Gasteiger partial charge in [-0.15, -0.1) is 50.0 Å². The van der Waals surface area contributed by atoms with Gasteiger partial charge in [-0.2, -0.15) is 0 Å². The van der Waals surface area contributed by atoms with Gasteiger partial charge in [-0.25, -0.2) is 9.68 Å². The van der Waals surface area contributed by atoms with E-state index in [1.807, 2.05) is 0 Å². The van der Waals surface area contributed by atoms with Crippen LogP contribution in [0.4, 0.5) is 11.9 Å². The van der Waals surface area contributed by atoms with E-state index >= 15 is 0 Å². The third-order valence-corrected chi connectivity index (χ3v) is 2.55. The summed E-state index contributed by atoms with van der Waals surface area (Å²) in [6.07, 6.45) is 0. The Morgan fingerprint density at radius 3 is 1.38 bits per heavy atom. The summed E-state index contributed by atoms with van der Waals surface area (Å²) in [4.78, 5) is 30.1. The number of azo groups is 2. The van der Waals surface area contributed by atoms with Crippen molar-refractivity contribution in [3.05, 3.63) is 20.2 Å². The topological polar surface area (TPSA) is 293 Å². The number of anilines is 2. The molecule has 1 aliphatic rings. The highest BCUT2D eigenvalue weighted by Crippen LogP contribution is 2.36. The highest BCUT2D eigenvalue weighted by Gasteiger charge is 2.51. The van der Waals surface area contributed by atoms with Gasteiger partial charge in [0.1, 0.15) is 0 Å². The van der Waals surface area contributed by atoms with Gasteiger partial charge < -0.3 is 11.5 Å². The molecule has 0 aromatic carbocycles. The second kappa shape index (κ2) is 5.46. The lowest BCUT2D eigenvalue weighted by Crippen LogP contribution is -2.43. The highest BCUT2D eigenvalue weighted by atomic mass is 17.0. The summed E-state index contributed by atoms with van der Waals surface area (Å²) in [5, 5.41) is 51.7. The van der Waals surface area contributed by atoms with Gasteiger partial charge in [-0.1, -0.05) is 10.2 Å². The normalized spacial score (nSPS) is 24.3. The molecule has 0 unspecified atom stereocenters. The maximum Gasteiger partial charge on any atom is 0.441 e. The van der Waals surface area contributed by atoms with Crippen LogP contribution in [-0.4, -0.2) is 50.6 Å². The zero-order valence-corrected chi connectivity index (χ0v) is 11.9. The first kappa shape index (κ1) is 16.2. The smallest absolute Gasteiger partial charge is 0.366 e. The Morgan fingerprint density at radius 1 is 0.808 bits per heavy atom. The number of nitrogens with zero attached hydrogens (tertiary/aromatic N) is 14. The molecule has 22 heteroatoms. The van der Waals surface area contributed by atoms with E-state index in [1.54, 1.807) is 0 Å². The van der Waals surface area contributed by atoms with Crippen molar-refractivity contribution >= 4 is 11.9 Å². The first-order chi connectivity index (χ1) is 12.3. The first-order valence-electron chi connectivity index (χ1n) is 5.92. The number of tetrazole rings is 2. The fourth-order valence-corrected chi connectivity index (χ4v) is 1.62. The SMILES string of the molecule is Nc1nnnn1C1(O[N+](=O)[O-])N=NC(O[N+](=O)[O-])(n2nnnc2N)N=N1. The van der Waals surface area contributed by atoms with Gasteiger partial charge in [0.2, 0.25) is 11.9 Å². The van der Waals surface area contributed by atoms with E-state index < -0.39 is 34.0 Å². The number of nitrogens with two attached hydrogens (primary N) is 2. The lowest BCUT2D eigenvalue weighted by atomic mass is 10.6. The Balaban J connectivity index is 2.11. The van der Waals surface area contributed by atoms with Gasteiger partial charge in [0.15, 0.2) is 0 Å². The van der Waals surface area contributed by atoms with Gasteiger partial charge >= 0.3 is 22.1 Å². The van der Waals surface area contributed by atoms with Crippen molar-refractivity contribution in [1.82, 2.24) is 40.4 Å². The molecule has 22 nitrogen and oxygen atoms in total. The van der Waals surface area contributed by atoms with Crippen LogP contribution in [0.5, 0.6) is 0 Å². The Morgan fingerprint density at radius 2 is 1.15 bits per heavy atom. The van der Waals surface area contributed by atoms with E-state index in [0.29, 0.717) is 9.36 Å². The van der Waals surface area contributed by atoms with Crippen LogP contribution in [-0.2, 0) is 21.6 Å². The molecule has 0 fully saturated rings. The molecule has 0 bridgehead atoms. The molecule has 4 N–H and O–H groups in total. The van der Waals surface area contributed by atoms with Gasteiger partial charge in [-0.3, -0.25) is 0 Å². The molecular weight excluding hydrogens is 368 g/mol. The van der Waals surface area contributed by atoms with Gasteiger partial charge in [0, 0.05) is 0 Å². The second-order valence-electron chi connectivity index (χ2n) is 4.08. The average molecular weight is 372 g/mol. The number of aromatic nitrogens is 8. The van der Waals surface area contributed by atoms with Crippen molar-refractivity contribution in [2.75, 3.05) is 11.5 Å². The molecule has 0 atom stereocenters. The van der Waals surface area contributed by atoms with Crippen molar-refractivity contribution < 1.29 is 19.8 Å². The predicted molar refractivity (Wildman–Crippen MR) is 66.3 cm³/mol. The van der Waals surface area contributed by atoms with Crippen LogP contribution >= 0.6 is 0 Å². The van der Waals surface area contributed by atoms with Gasteiger partial charge in [0.25, 0.3) is 0 Å². The summed E-state index contributed by atoms with van der Waals surface area (Å²) in [6.45, 7) is 0. The summed E-state index contributed by atoms with van der Waals surface area (Å²) in [7, 11) is 0. The molecule has 2 aromatic rings. The Bertz CT molecular complexity index is 823. The van der Waals surface area contributed by atoms with Crippen LogP contribution in [0, 0.1) is 20.2 Å². The molecule has 0 radical (unpaired) electrons. The van der Waals surface area contributed by atoms with Crippen molar-refractivity contribution in [1.29, 1.82) is 0 Å². The maximum atomic E-state index is 10.8. The number of rotatable bonds is 6. The van der Waals surface area contributed by atoms with Gasteiger partial charge in [-0.05, 0) is 20.9 Å². The zero-order chi connectivity index (χ0) is 18.9. The first-order valence-corrected chi connectivity index (χ1v) is 5.92. The molecule has 26 heavy (non-hydrogen) atoms. The standard InChI is InChI=1S/C4H4N16O6/c5-1-7-13-15-17(1)3(25-19(21)22)9-11-4(12-10-3,26-20(23)24)18-2(6)8-14-16-18/h(H2,5,7,15)(H2,6,8,16). The lowest BCUT2D eigenvalue weighted by Gasteiger charge is -2.28. The zero-order valence-electron chi connectivity index (χ0n) is 11.9. The Hall–Kier alpha value is -4.66. The molecule has 3 heterocycles. The minimum Gasteiger partial charge on any atom is -0.366 e. The highest BCUT2D eigenvalue weighted by molar-refractivity contribution is 5.13. The molecule has 0 saturated heterocycles. The molecular formula is C4H4N16O6. The molecule has 2 aromatic heterocycles. The Kier molecular flexibility index (Phi) is 3.40. The van der Waals surface area contributed by atoms with E-state index in [1.165, 1.54) is 0 Å². The van der Waals surface area contributed by atoms with E-state index in [9.17, 15) is 20.2 Å².